The van der Waals surface area contributed by atoms with Gasteiger partial charge in [0.25, 0.3) is 0 Å². The van der Waals surface area contributed by atoms with Crippen LogP contribution in [0.1, 0.15) is 245 Å². The lowest BCUT2D eigenvalue weighted by molar-refractivity contribution is -0.150. The molecule has 0 spiro atoms. The number of imidazole rings is 1. The Hall–Kier alpha value is -1.93. The number of unbranched alkanes of at least 4 members (excludes halogenated alkanes) is 21. The molecule has 8 heteroatoms. The van der Waals surface area contributed by atoms with Crippen molar-refractivity contribution in [3.8, 4) is 0 Å². The number of esters is 2. The van der Waals surface area contributed by atoms with E-state index in [1.165, 1.54) is 103 Å². The molecule has 0 aliphatic rings. The normalized spacial score (nSPS) is 13.2. The number of ether oxygens (including phenoxy) is 2. The number of aromatic nitrogens is 2. The molecule has 0 aliphatic heterocycles. The third-order valence-electron chi connectivity index (χ3n) is 12.6. The molecule has 0 aromatic carbocycles. The van der Waals surface area contributed by atoms with E-state index in [1.807, 2.05) is 6.20 Å². The summed E-state index contributed by atoms with van der Waals surface area (Å²) in [6.07, 6.45) is 40.7. The van der Waals surface area contributed by atoms with Crippen LogP contribution in [0.2, 0.25) is 0 Å². The first kappa shape index (κ1) is 56.1. The van der Waals surface area contributed by atoms with Gasteiger partial charge in [0.15, 0.2) is 0 Å². The molecule has 1 aromatic heterocycles. The summed E-state index contributed by atoms with van der Waals surface area (Å²) in [5.74, 6) is 1.20. The van der Waals surface area contributed by atoms with Crippen molar-refractivity contribution in [2.45, 2.75) is 259 Å². The van der Waals surface area contributed by atoms with E-state index in [0.717, 1.165) is 135 Å². The highest BCUT2D eigenvalue weighted by Gasteiger charge is 2.21. The minimum Gasteiger partial charge on any atom is -0.465 e. The number of carbonyl (C=O) groups is 2. The Kier molecular flexibility index (Phi) is 38.4. The van der Waals surface area contributed by atoms with E-state index in [0.29, 0.717) is 19.8 Å². The van der Waals surface area contributed by atoms with Gasteiger partial charge in [-0.05, 0) is 90.6 Å². The molecule has 60 heavy (non-hydrogen) atoms. The Bertz CT molecular complexity index is 1100. The lowest BCUT2D eigenvalue weighted by Gasteiger charge is -2.25. The molecule has 3 atom stereocenters. The molecule has 0 amide bonds. The van der Waals surface area contributed by atoms with E-state index in [2.05, 4.69) is 55.3 Å². The molecule has 0 saturated heterocycles. The molecule has 352 valence electrons. The number of hydrogen-bond donors (Lipinski definition) is 1. The van der Waals surface area contributed by atoms with E-state index in [1.54, 1.807) is 0 Å². The topological polar surface area (TPSA) is 93.9 Å². The largest absolute Gasteiger partial charge is 0.465 e. The molecule has 3 unspecified atom stereocenters. The average Bonchev–Trinajstić information content (AvgIpc) is 3.66. The van der Waals surface area contributed by atoms with Crippen molar-refractivity contribution in [2.75, 3.05) is 32.8 Å². The van der Waals surface area contributed by atoms with Crippen LogP contribution >= 0.6 is 0 Å². The van der Waals surface area contributed by atoms with Gasteiger partial charge in [0.1, 0.15) is 5.82 Å². The number of aliphatic hydroxyl groups excluding tert-OH is 1. The van der Waals surface area contributed by atoms with Gasteiger partial charge in [0.05, 0.1) is 31.2 Å². The van der Waals surface area contributed by atoms with Crippen LogP contribution in [0.25, 0.3) is 0 Å². The minimum atomic E-state index is -0.388. The maximum absolute atomic E-state index is 13.1. The van der Waals surface area contributed by atoms with Crippen molar-refractivity contribution in [3.63, 3.8) is 0 Å². The minimum absolute atomic E-state index is 0.00123. The van der Waals surface area contributed by atoms with Gasteiger partial charge in [0, 0.05) is 25.5 Å². The molecule has 0 aliphatic carbocycles. The van der Waals surface area contributed by atoms with Crippen LogP contribution in [-0.4, -0.2) is 70.4 Å². The number of carbonyl (C=O) groups excluding carboxylic acids is 2. The van der Waals surface area contributed by atoms with Crippen LogP contribution in [0.3, 0.4) is 0 Å². The van der Waals surface area contributed by atoms with E-state index >= 15 is 0 Å². The second kappa shape index (κ2) is 41.1. The Morgan fingerprint density at radius 2 is 0.933 bits per heavy atom. The predicted molar refractivity (Wildman–Crippen MR) is 253 cm³/mol. The summed E-state index contributed by atoms with van der Waals surface area (Å²) >= 11 is 0. The molecule has 1 rings (SSSR count). The first-order chi connectivity index (χ1) is 29.4. The van der Waals surface area contributed by atoms with Gasteiger partial charge in [-0.15, -0.1) is 0 Å². The number of nitrogens with zero attached hydrogens (tertiary/aromatic N) is 3. The van der Waals surface area contributed by atoms with Crippen LogP contribution in [-0.2, 0) is 25.6 Å². The molecule has 0 fully saturated rings. The third kappa shape index (κ3) is 31.8. The van der Waals surface area contributed by atoms with Crippen LogP contribution in [0.4, 0.5) is 0 Å². The molecule has 0 radical (unpaired) electrons. The van der Waals surface area contributed by atoms with Gasteiger partial charge in [-0.25, -0.2) is 4.98 Å². The van der Waals surface area contributed by atoms with Gasteiger partial charge < -0.3 is 24.0 Å². The van der Waals surface area contributed by atoms with Gasteiger partial charge in [-0.3, -0.25) is 9.59 Å². The SMILES string of the molecule is CCCCCCCCC(CCCCCC)C(=O)OCCCCCCN(CCCCn1ccnc1C)CC(O)CCCCOC(=O)C(CCCCCC)CCCCCCCC. The highest BCUT2D eigenvalue weighted by Crippen LogP contribution is 2.22. The fourth-order valence-electron chi connectivity index (χ4n) is 8.53. The fourth-order valence-corrected chi connectivity index (χ4v) is 8.53. The van der Waals surface area contributed by atoms with Crippen molar-refractivity contribution < 1.29 is 24.2 Å². The molecule has 0 saturated carbocycles. The Morgan fingerprint density at radius 3 is 1.40 bits per heavy atom. The first-order valence-electron chi connectivity index (χ1n) is 26.1. The zero-order valence-corrected chi connectivity index (χ0v) is 40.4. The van der Waals surface area contributed by atoms with Gasteiger partial charge in [0.2, 0.25) is 0 Å². The van der Waals surface area contributed by atoms with Crippen molar-refractivity contribution in [2.24, 2.45) is 11.8 Å². The summed E-state index contributed by atoms with van der Waals surface area (Å²) in [4.78, 5) is 33.0. The van der Waals surface area contributed by atoms with E-state index < -0.39 is 0 Å². The van der Waals surface area contributed by atoms with Crippen molar-refractivity contribution in [1.82, 2.24) is 14.5 Å². The molecule has 0 bridgehead atoms. The summed E-state index contributed by atoms with van der Waals surface area (Å²) in [5.41, 5.74) is 0. The van der Waals surface area contributed by atoms with Crippen molar-refractivity contribution in [3.05, 3.63) is 18.2 Å². The summed E-state index contributed by atoms with van der Waals surface area (Å²) in [7, 11) is 0. The van der Waals surface area contributed by atoms with Crippen molar-refractivity contribution >= 4 is 11.9 Å². The highest BCUT2D eigenvalue weighted by molar-refractivity contribution is 5.72. The van der Waals surface area contributed by atoms with E-state index in [9.17, 15) is 14.7 Å². The summed E-state index contributed by atoms with van der Waals surface area (Å²) in [6.45, 7) is 15.6. The average molecular weight is 846 g/mol. The number of aryl methyl sites for hydroxylation is 2. The Morgan fingerprint density at radius 1 is 0.550 bits per heavy atom. The lowest BCUT2D eigenvalue weighted by atomic mass is 9.94. The maximum atomic E-state index is 13.1. The lowest BCUT2D eigenvalue weighted by Crippen LogP contribution is -2.34. The quantitative estimate of drug-likeness (QED) is 0.0516. The fraction of sp³-hybridized carbons (Fsp3) is 0.904. The van der Waals surface area contributed by atoms with Crippen LogP contribution in [0.5, 0.6) is 0 Å². The Balaban J connectivity index is 2.49. The second-order valence-electron chi connectivity index (χ2n) is 18.3. The smallest absolute Gasteiger partial charge is 0.308 e. The highest BCUT2D eigenvalue weighted by atomic mass is 16.5. The zero-order valence-electron chi connectivity index (χ0n) is 40.4. The molecule has 1 aromatic rings. The van der Waals surface area contributed by atoms with E-state index in [-0.39, 0.29) is 29.9 Å². The second-order valence-corrected chi connectivity index (χ2v) is 18.3. The van der Waals surface area contributed by atoms with Crippen LogP contribution in [0.15, 0.2) is 12.4 Å². The number of hydrogen-bond acceptors (Lipinski definition) is 7. The standard InChI is InChI=1S/C52H99N3O5/c1-6-10-14-18-20-26-36-48(34-24-16-12-8-3)51(57)59-44-32-23-22-29-40-54(41-30-31-42-55-43-39-53-47(55)5)46-50(56)38-28-33-45-60-52(58)49(35-25-17-13-9-4)37-27-21-19-15-11-7-2/h39,43,48-50,56H,6-38,40-42,44-46H2,1-5H3. The maximum Gasteiger partial charge on any atom is 0.308 e. The molecular weight excluding hydrogens is 747 g/mol. The zero-order chi connectivity index (χ0) is 43.7. The monoisotopic (exact) mass is 846 g/mol. The number of aliphatic hydroxyl groups is 1. The summed E-state index contributed by atoms with van der Waals surface area (Å²) in [6, 6.07) is 0. The van der Waals surface area contributed by atoms with Gasteiger partial charge in [-0.1, -0.05) is 169 Å². The molecule has 8 nitrogen and oxygen atoms in total. The van der Waals surface area contributed by atoms with Gasteiger partial charge >= 0.3 is 11.9 Å². The van der Waals surface area contributed by atoms with E-state index in [4.69, 9.17) is 9.47 Å². The number of rotatable bonds is 45. The molecular formula is C52H99N3O5. The molecule has 1 N–H and O–H groups in total. The summed E-state index contributed by atoms with van der Waals surface area (Å²) in [5, 5.41) is 11.1. The van der Waals surface area contributed by atoms with Crippen LogP contribution < -0.4 is 0 Å². The first-order valence-corrected chi connectivity index (χ1v) is 26.1. The van der Waals surface area contributed by atoms with Crippen molar-refractivity contribution in [1.29, 1.82) is 0 Å². The third-order valence-corrected chi connectivity index (χ3v) is 12.6. The molecule has 1 heterocycles. The Labute approximate surface area is 371 Å². The van der Waals surface area contributed by atoms with Crippen LogP contribution in [0, 0.1) is 18.8 Å². The summed E-state index contributed by atoms with van der Waals surface area (Å²) < 4.78 is 13.9. The van der Waals surface area contributed by atoms with Gasteiger partial charge in [-0.2, -0.15) is 0 Å². The predicted octanol–water partition coefficient (Wildman–Crippen LogP) is 14.1.